The van der Waals surface area contributed by atoms with Crippen molar-refractivity contribution in [3.8, 4) is 0 Å². The van der Waals surface area contributed by atoms with E-state index in [-0.39, 0.29) is 0 Å². The van der Waals surface area contributed by atoms with Crippen LogP contribution in [0, 0.1) is 6.57 Å². The van der Waals surface area contributed by atoms with Gasteiger partial charge in [-0.25, -0.2) is 4.85 Å². The Morgan fingerprint density at radius 2 is 2.27 bits per heavy atom. The Bertz CT molecular complexity index is 290. The van der Waals surface area contributed by atoms with E-state index in [0.717, 1.165) is 5.46 Å². The molecule has 1 aromatic carbocycles. The fourth-order valence-corrected chi connectivity index (χ4v) is 0.854. The summed E-state index contributed by atoms with van der Waals surface area (Å²) in [6.45, 7) is 7.92. The van der Waals surface area contributed by atoms with Crippen LogP contribution in [0.4, 0.5) is 5.69 Å². The molecule has 54 valence electrons. The molecule has 0 radical (unpaired) electrons. The van der Waals surface area contributed by atoms with Gasteiger partial charge >= 0.3 is 6.92 Å². The summed E-state index contributed by atoms with van der Waals surface area (Å²) < 4.78 is 0. The highest BCUT2D eigenvalue weighted by Crippen LogP contribution is 2.07. The van der Waals surface area contributed by atoms with Crippen LogP contribution in [0.1, 0.15) is 0 Å². The summed E-state index contributed by atoms with van der Waals surface area (Å²) >= 11 is 0. The van der Waals surface area contributed by atoms with E-state index in [9.17, 15) is 0 Å². The Balaban J connectivity index is 3.03. The second-order valence-corrected chi connectivity index (χ2v) is 2.38. The first-order valence-corrected chi connectivity index (χ1v) is 3.39. The van der Waals surface area contributed by atoms with Crippen LogP contribution in [0.5, 0.6) is 0 Å². The number of hydrogen-bond acceptors (Lipinski definition) is 1. The van der Waals surface area contributed by atoms with Crippen molar-refractivity contribution in [3.63, 3.8) is 0 Å². The molecule has 11 heavy (non-hydrogen) atoms. The molecule has 1 aromatic rings. The summed E-state index contributed by atoms with van der Waals surface area (Å²) in [6.07, 6.45) is 0. The van der Waals surface area contributed by atoms with E-state index < -0.39 is 6.92 Å². The van der Waals surface area contributed by atoms with Crippen LogP contribution in [-0.4, -0.2) is 11.9 Å². The molecule has 0 atom stereocenters. The van der Waals surface area contributed by atoms with E-state index in [0.29, 0.717) is 5.69 Å². The van der Waals surface area contributed by atoms with Crippen molar-refractivity contribution in [2.75, 3.05) is 0 Å². The monoisotopic (exact) mass is 145 g/mol. The molecule has 3 heteroatoms. The van der Waals surface area contributed by atoms with Crippen molar-refractivity contribution in [1.82, 2.24) is 0 Å². The van der Waals surface area contributed by atoms with E-state index in [1.807, 2.05) is 0 Å². The summed E-state index contributed by atoms with van der Waals surface area (Å²) in [5, 5.41) is 9.14. The van der Waals surface area contributed by atoms with Gasteiger partial charge < -0.3 is 5.02 Å². The maximum Gasteiger partial charge on any atom is 0.319 e. The quantitative estimate of drug-likeness (QED) is 0.463. The topological polar surface area (TPSA) is 24.6 Å². The standard InChI is InChI=1S/C8H8BNO/c1-9(11)7-4-3-5-8(6-7)10-2/h3-6,11H,1H3. The molecule has 1 N–H and O–H groups in total. The van der Waals surface area contributed by atoms with Gasteiger partial charge in [0.2, 0.25) is 0 Å². The summed E-state index contributed by atoms with van der Waals surface area (Å²) in [7, 11) is 0. The molecule has 0 bridgehead atoms. The summed E-state index contributed by atoms with van der Waals surface area (Å²) in [5.41, 5.74) is 1.36. The summed E-state index contributed by atoms with van der Waals surface area (Å²) in [4.78, 5) is 3.25. The largest absolute Gasteiger partial charge is 0.447 e. The summed E-state index contributed by atoms with van der Waals surface area (Å²) in [6, 6.07) is 6.99. The van der Waals surface area contributed by atoms with Gasteiger partial charge in [-0.1, -0.05) is 36.6 Å². The molecule has 0 aromatic heterocycles. The molecular formula is C8H8BNO. The van der Waals surface area contributed by atoms with E-state index in [4.69, 9.17) is 11.6 Å². The van der Waals surface area contributed by atoms with Gasteiger partial charge in [-0.15, -0.1) is 0 Å². The summed E-state index contributed by atoms with van der Waals surface area (Å²) in [5.74, 6) is 0. The Kier molecular flexibility index (Phi) is 2.30. The van der Waals surface area contributed by atoms with Gasteiger partial charge in [0.05, 0.1) is 6.57 Å². The molecule has 1 rings (SSSR count). The molecule has 2 nitrogen and oxygen atoms in total. The third kappa shape index (κ3) is 1.82. The Morgan fingerprint density at radius 1 is 1.55 bits per heavy atom. The molecule has 0 amide bonds. The Labute approximate surface area is 66.4 Å². The SMILES string of the molecule is [C-]#[N+]c1cccc(B(C)O)c1. The number of rotatable bonds is 1. The first-order valence-electron chi connectivity index (χ1n) is 3.39. The van der Waals surface area contributed by atoms with Crippen molar-refractivity contribution < 1.29 is 5.02 Å². The molecule has 0 aliphatic carbocycles. The van der Waals surface area contributed by atoms with Crippen molar-refractivity contribution in [2.45, 2.75) is 6.82 Å². The van der Waals surface area contributed by atoms with Crippen molar-refractivity contribution in [1.29, 1.82) is 0 Å². The normalized spacial score (nSPS) is 8.82. The van der Waals surface area contributed by atoms with E-state index >= 15 is 0 Å². The van der Waals surface area contributed by atoms with E-state index in [1.165, 1.54) is 0 Å². The Morgan fingerprint density at radius 3 is 2.82 bits per heavy atom. The zero-order chi connectivity index (χ0) is 8.27. The molecule has 0 saturated carbocycles. The minimum atomic E-state index is -0.489. The first kappa shape index (κ1) is 7.84. The predicted molar refractivity (Wildman–Crippen MR) is 46.2 cm³/mol. The van der Waals surface area contributed by atoms with Crippen molar-refractivity contribution in [3.05, 3.63) is 35.7 Å². The van der Waals surface area contributed by atoms with Gasteiger partial charge in [-0.3, -0.25) is 0 Å². The van der Waals surface area contributed by atoms with Gasteiger partial charge in [0, 0.05) is 0 Å². The van der Waals surface area contributed by atoms with Crippen LogP contribution in [0.25, 0.3) is 4.85 Å². The zero-order valence-electron chi connectivity index (χ0n) is 6.28. The lowest BCUT2D eigenvalue weighted by Crippen LogP contribution is -2.25. The van der Waals surface area contributed by atoms with Gasteiger partial charge in [-0.05, 0) is 0 Å². The van der Waals surface area contributed by atoms with Crippen LogP contribution in [-0.2, 0) is 0 Å². The van der Waals surface area contributed by atoms with E-state index in [2.05, 4.69) is 4.85 Å². The number of nitrogens with zero attached hydrogens (tertiary/aromatic N) is 1. The third-order valence-corrected chi connectivity index (χ3v) is 1.48. The molecule has 0 aliphatic heterocycles. The highest BCUT2D eigenvalue weighted by Gasteiger charge is 2.05. The van der Waals surface area contributed by atoms with Crippen molar-refractivity contribution >= 4 is 18.1 Å². The smallest absolute Gasteiger partial charge is 0.319 e. The van der Waals surface area contributed by atoms with Gasteiger partial charge in [0.15, 0.2) is 5.69 Å². The first-order chi connectivity index (χ1) is 5.24. The third-order valence-electron chi connectivity index (χ3n) is 1.48. The molecule has 0 spiro atoms. The second kappa shape index (κ2) is 3.22. The molecular weight excluding hydrogens is 137 g/mol. The van der Waals surface area contributed by atoms with Crippen LogP contribution in [0.3, 0.4) is 0 Å². The van der Waals surface area contributed by atoms with Gasteiger partial charge in [-0.2, -0.15) is 0 Å². The van der Waals surface area contributed by atoms with Crippen LogP contribution in [0.15, 0.2) is 24.3 Å². The maximum atomic E-state index is 9.14. The van der Waals surface area contributed by atoms with Gasteiger partial charge in [0.1, 0.15) is 0 Å². The minimum Gasteiger partial charge on any atom is -0.447 e. The molecule has 0 saturated heterocycles. The minimum absolute atomic E-state index is 0.489. The maximum absolute atomic E-state index is 9.14. The molecule has 0 heterocycles. The molecule has 0 unspecified atom stereocenters. The second-order valence-electron chi connectivity index (χ2n) is 2.38. The van der Waals surface area contributed by atoms with E-state index in [1.54, 1.807) is 31.1 Å². The van der Waals surface area contributed by atoms with Crippen LogP contribution < -0.4 is 5.46 Å². The lowest BCUT2D eigenvalue weighted by Gasteiger charge is -1.99. The Hall–Kier alpha value is -1.27. The fourth-order valence-electron chi connectivity index (χ4n) is 0.854. The predicted octanol–water partition coefficient (Wildman–Crippen LogP) is 1.06. The number of benzene rings is 1. The molecule has 0 aliphatic rings. The highest BCUT2D eigenvalue weighted by molar-refractivity contribution is 6.64. The molecule has 0 fully saturated rings. The van der Waals surface area contributed by atoms with Gasteiger partial charge in [0.25, 0.3) is 0 Å². The lowest BCUT2D eigenvalue weighted by molar-refractivity contribution is 0.594. The van der Waals surface area contributed by atoms with Crippen LogP contribution >= 0.6 is 0 Å². The number of hydrogen-bond donors (Lipinski definition) is 1. The highest BCUT2D eigenvalue weighted by atomic mass is 16.2. The van der Waals surface area contributed by atoms with Crippen molar-refractivity contribution in [2.24, 2.45) is 0 Å². The fraction of sp³-hybridized carbons (Fsp3) is 0.125. The lowest BCUT2D eigenvalue weighted by atomic mass is 9.64. The zero-order valence-corrected chi connectivity index (χ0v) is 6.28. The average molecular weight is 145 g/mol. The van der Waals surface area contributed by atoms with Crippen LogP contribution in [0.2, 0.25) is 6.82 Å². The average Bonchev–Trinajstić information content (AvgIpc) is 2.05.